The van der Waals surface area contributed by atoms with Gasteiger partial charge in [0.25, 0.3) is 0 Å². The first kappa shape index (κ1) is 13.7. The maximum Gasteiger partial charge on any atom is 0.305 e. The van der Waals surface area contributed by atoms with E-state index in [1.807, 2.05) is 0 Å². The van der Waals surface area contributed by atoms with Crippen LogP contribution in [0.5, 0.6) is 0 Å². The molecule has 0 amide bonds. The Labute approximate surface area is 85.4 Å². The van der Waals surface area contributed by atoms with E-state index < -0.39 is 37.2 Å². The second kappa shape index (κ2) is 7.02. The summed E-state index contributed by atoms with van der Waals surface area (Å²) in [6.07, 6.45) is -3.28. The Hall–Kier alpha value is -1.34. The molecule has 0 aromatic heterocycles. The van der Waals surface area contributed by atoms with Gasteiger partial charge in [-0.1, -0.05) is 5.11 Å². The molecule has 0 aliphatic carbocycles. The minimum Gasteiger partial charge on any atom is -0.481 e. The number of azide groups is 1. The summed E-state index contributed by atoms with van der Waals surface area (Å²) in [5, 5.41) is 38.6. The van der Waals surface area contributed by atoms with Crippen LogP contribution in [0, 0.1) is 0 Å². The SMILES string of the molecule is [N-]=[N+]=N[C@@H](CO)[C@@H](O)C[C@H](O)CC(=O)O. The topological polar surface area (TPSA) is 147 Å². The molecular weight excluding hydrogens is 206 g/mol. The fourth-order valence-electron chi connectivity index (χ4n) is 1.02. The third-order valence-corrected chi connectivity index (χ3v) is 1.75. The van der Waals surface area contributed by atoms with Crippen molar-refractivity contribution in [1.82, 2.24) is 0 Å². The lowest BCUT2D eigenvalue weighted by Gasteiger charge is -2.18. The minimum absolute atomic E-state index is 0.267. The van der Waals surface area contributed by atoms with Crippen LogP contribution in [0.25, 0.3) is 10.4 Å². The number of aliphatic carboxylic acids is 1. The molecule has 0 aromatic rings. The number of carboxylic acid groups (broad SMARTS) is 1. The molecule has 8 heteroatoms. The van der Waals surface area contributed by atoms with Crippen LogP contribution in [0.4, 0.5) is 0 Å². The number of aliphatic hydroxyl groups is 3. The predicted molar refractivity (Wildman–Crippen MR) is 48.9 cm³/mol. The van der Waals surface area contributed by atoms with Crippen molar-refractivity contribution in [3.63, 3.8) is 0 Å². The van der Waals surface area contributed by atoms with Crippen LogP contribution < -0.4 is 0 Å². The standard InChI is InChI=1S/C7H13N3O5/c8-10-9-5(3-11)6(13)1-4(12)2-7(14)15/h4-6,11-13H,1-3H2,(H,14,15)/t4-,5-,6-/m0/s1. The highest BCUT2D eigenvalue weighted by Crippen LogP contribution is 2.09. The van der Waals surface area contributed by atoms with E-state index in [2.05, 4.69) is 10.0 Å². The van der Waals surface area contributed by atoms with Crippen LogP contribution in [0.2, 0.25) is 0 Å². The van der Waals surface area contributed by atoms with E-state index in [1.54, 1.807) is 0 Å². The molecule has 0 bridgehead atoms. The fourth-order valence-corrected chi connectivity index (χ4v) is 1.02. The molecule has 0 rings (SSSR count). The Balaban J connectivity index is 4.14. The Kier molecular flexibility index (Phi) is 6.39. The van der Waals surface area contributed by atoms with E-state index >= 15 is 0 Å². The number of carbonyl (C=O) groups is 1. The van der Waals surface area contributed by atoms with Gasteiger partial charge in [0.05, 0.1) is 31.3 Å². The quantitative estimate of drug-likeness (QED) is 0.252. The number of nitrogens with zero attached hydrogens (tertiary/aromatic N) is 3. The average Bonchev–Trinajstić information content (AvgIpc) is 2.12. The molecule has 3 atom stereocenters. The van der Waals surface area contributed by atoms with Gasteiger partial charge in [0.1, 0.15) is 0 Å². The molecule has 0 unspecified atom stereocenters. The molecule has 8 nitrogen and oxygen atoms in total. The molecule has 4 N–H and O–H groups in total. The van der Waals surface area contributed by atoms with Crippen LogP contribution in [0.3, 0.4) is 0 Å². The van der Waals surface area contributed by atoms with E-state index in [1.165, 1.54) is 0 Å². The number of hydrogen-bond donors (Lipinski definition) is 4. The van der Waals surface area contributed by atoms with E-state index in [0.717, 1.165) is 0 Å². The van der Waals surface area contributed by atoms with Gasteiger partial charge in [-0.3, -0.25) is 4.79 Å². The first-order chi connectivity index (χ1) is 7.01. The molecule has 86 valence electrons. The smallest absolute Gasteiger partial charge is 0.305 e. The number of rotatable bonds is 7. The summed E-state index contributed by atoms with van der Waals surface area (Å²) >= 11 is 0. The average molecular weight is 219 g/mol. The molecule has 0 radical (unpaired) electrons. The summed E-state index contributed by atoms with van der Waals surface area (Å²) in [4.78, 5) is 12.6. The Bertz CT molecular complexity index is 253. The molecule has 0 aromatic carbocycles. The van der Waals surface area contributed by atoms with Crippen molar-refractivity contribution in [1.29, 1.82) is 0 Å². The van der Waals surface area contributed by atoms with Crippen LogP contribution >= 0.6 is 0 Å². The number of hydrogen-bond acceptors (Lipinski definition) is 5. The zero-order chi connectivity index (χ0) is 11.8. The van der Waals surface area contributed by atoms with Gasteiger partial charge in [0.2, 0.25) is 0 Å². The van der Waals surface area contributed by atoms with Crippen LogP contribution in [0.1, 0.15) is 12.8 Å². The van der Waals surface area contributed by atoms with Crippen LogP contribution in [0.15, 0.2) is 5.11 Å². The summed E-state index contributed by atoms with van der Waals surface area (Å²) in [5.41, 5.74) is 8.08. The van der Waals surface area contributed by atoms with Crippen molar-refractivity contribution in [2.75, 3.05) is 6.61 Å². The van der Waals surface area contributed by atoms with Crippen molar-refractivity contribution >= 4 is 5.97 Å². The summed E-state index contributed by atoms with van der Waals surface area (Å²) in [6.45, 7) is -0.564. The molecule has 0 aliphatic heterocycles. The summed E-state index contributed by atoms with van der Waals surface area (Å²) in [7, 11) is 0. The monoisotopic (exact) mass is 219 g/mol. The molecule has 15 heavy (non-hydrogen) atoms. The minimum atomic E-state index is -1.26. The molecule has 0 aliphatic rings. The van der Waals surface area contributed by atoms with Gasteiger partial charge >= 0.3 is 5.97 Å². The molecule has 0 saturated carbocycles. The van der Waals surface area contributed by atoms with Gasteiger partial charge in [-0.15, -0.1) is 0 Å². The third-order valence-electron chi connectivity index (χ3n) is 1.75. The second-order valence-corrected chi connectivity index (χ2v) is 3.01. The van der Waals surface area contributed by atoms with Crippen LogP contribution in [-0.4, -0.2) is 51.3 Å². The fraction of sp³-hybridized carbons (Fsp3) is 0.857. The highest BCUT2D eigenvalue weighted by atomic mass is 16.4. The van der Waals surface area contributed by atoms with Crippen molar-refractivity contribution in [2.45, 2.75) is 31.1 Å². The summed E-state index contributed by atoms with van der Waals surface area (Å²) in [6, 6.07) is -1.07. The summed E-state index contributed by atoms with van der Waals surface area (Å²) < 4.78 is 0. The first-order valence-corrected chi connectivity index (χ1v) is 4.24. The predicted octanol–water partition coefficient (Wildman–Crippen LogP) is -0.756. The van der Waals surface area contributed by atoms with Crippen molar-refractivity contribution < 1.29 is 25.2 Å². The van der Waals surface area contributed by atoms with Crippen molar-refractivity contribution in [3.8, 4) is 0 Å². The lowest BCUT2D eigenvalue weighted by Crippen LogP contribution is -2.31. The zero-order valence-corrected chi connectivity index (χ0v) is 7.89. The highest BCUT2D eigenvalue weighted by Gasteiger charge is 2.21. The van der Waals surface area contributed by atoms with E-state index in [0.29, 0.717) is 0 Å². The number of carboxylic acids is 1. The Morgan fingerprint density at radius 2 is 2.07 bits per heavy atom. The van der Waals surface area contributed by atoms with E-state index in [9.17, 15) is 9.90 Å². The Morgan fingerprint density at radius 3 is 2.47 bits per heavy atom. The molecule has 0 fully saturated rings. The van der Waals surface area contributed by atoms with Crippen molar-refractivity contribution in [3.05, 3.63) is 10.4 Å². The van der Waals surface area contributed by atoms with Crippen LogP contribution in [-0.2, 0) is 4.79 Å². The van der Waals surface area contributed by atoms with Gasteiger partial charge in [-0.2, -0.15) is 0 Å². The molecular formula is C7H13N3O5. The van der Waals surface area contributed by atoms with E-state index in [-0.39, 0.29) is 6.42 Å². The van der Waals surface area contributed by atoms with Gasteiger partial charge < -0.3 is 20.4 Å². The third kappa shape index (κ3) is 5.87. The first-order valence-electron chi connectivity index (χ1n) is 4.24. The highest BCUT2D eigenvalue weighted by molar-refractivity contribution is 5.67. The molecule has 0 saturated heterocycles. The lowest BCUT2D eigenvalue weighted by molar-refractivity contribution is -0.139. The largest absolute Gasteiger partial charge is 0.481 e. The van der Waals surface area contributed by atoms with Gasteiger partial charge in [0, 0.05) is 11.3 Å². The maximum absolute atomic E-state index is 10.2. The van der Waals surface area contributed by atoms with E-state index in [4.69, 9.17) is 20.9 Å². The second-order valence-electron chi connectivity index (χ2n) is 3.01. The van der Waals surface area contributed by atoms with Gasteiger partial charge in [-0.05, 0) is 5.53 Å². The molecule has 0 heterocycles. The van der Waals surface area contributed by atoms with Gasteiger partial charge in [-0.25, -0.2) is 0 Å². The Morgan fingerprint density at radius 1 is 1.47 bits per heavy atom. The molecule has 0 spiro atoms. The number of aliphatic hydroxyl groups excluding tert-OH is 3. The van der Waals surface area contributed by atoms with Crippen molar-refractivity contribution in [2.24, 2.45) is 5.11 Å². The zero-order valence-electron chi connectivity index (χ0n) is 7.89. The summed E-state index contributed by atoms with van der Waals surface area (Å²) in [5.74, 6) is -1.20. The van der Waals surface area contributed by atoms with Gasteiger partial charge in [0.15, 0.2) is 0 Å². The maximum atomic E-state index is 10.2. The normalized spacial score (nSPS) is 16.2. The lowest BCUT2D eigenvalue weighted by atomic mass is 10.0.